The molecule has 2 atom stereocenters. The van der Waals surface area contributed by atoms with Crippen LogP contribution in [0.25, 0.3) is 0 Å². The van der Waals surface area contributed by atoms with Gasteiger partial charge in [0.1, 0.15) is 0 Å². The van der Waals surface area contributed by atoms with E-state index >= 15 is 0 Å². The summed E-state index contributed by atoms with van der Waals surface area (Å²) in [5.41, 5.74) is 3.34. The quantitative estimate of drug-likeness (QED) is 0.592. The summed E-state index contributed by atoms with van der Waals surface area (Å²) in [6, 6.07) is 13.4. The van der Waals surface area contributed by atoms with Gasteiger partial charge in [-0.2, -0.15) is 9.57 Å². The molecule has 2 aliphatic heterocycles. The van der Waals surface area contributed by atoms with Crippen LogP contribution in [0.15, 0.2) is 47.4 Å². The zero-order valence-corrected chi connectivity index (χ0v) is 22.5. The number of ether oxygens (including phenoxy) is 1. The molecule has 2 fully saturated rings. The summed E-state index contributed by atoms with van der Waals surface area (Å²) >= 11 is 0. The highest BCUT2D eigenvalue weighted by molar-refractivity contribution is 7.89. The molecule has 2 saturated heterocycles. The number of anilines is 1. The molecule has 1 N–H and O–H groups in total. The number of sulfonamides is 1. The highest BCUT2D eigenvalue weighted by atomic mass is 32.2. The Morgan fingerprint density at radius 1 is 1.08 bits per heavy atom. The van der Waals surface area contributed by atoms with Crippen LogP contribution in [0.5, 0.6) is 0 Å². The van der Waals surface area contributed by atoms with Crippen LogP contribution in [-0.4, -0.2) is 86.5 Å². The molecule has 198 valence electrons. The molecule has 0 saturated carbocycles. The van der Waals surface area contributed by atoms with E-state index in [1.807, 2.05) is 43.9 Å². The van der Waals surface area contributed by atoms with Crippen molar-refractivity contribution in [1.82, 2.24) is 14.1 Å². The molecular formula is C27H35N5O4S. The van der Waals surface area contributed by atoms with Gasteiger partial charge >= 0.3 is 0 Å². The van der Waals surface area contributed by atoms with Crippen LogP contribution in [0.2, 0.25) is 0 Å². The van der Waals surface area contributed by atoms with Crippen LogP contribution in [0.4, 0.5) is 5.69 Å². The third kappa shape index (κ3) is 6.37. The second-order valence-electron chi connectivity index (χ2n) is 9.89. The van der Waals surface area contributed by atoms with Gasteiger partial charge in [0.25, 0.3) is 0 Å². The molecule has 2 heterocycles. The first-order valence-electron chi connectivity index (χ1n) is 12.6. The SMILES string of the molecule is Cc1c(CN2CCOCC2)cccc1NC(=O)CN1C[C@@H](C)N(S(=O)(=O)c2cccc(C#N)c2)[C@@H](C)C1. The van der Waals surface area contributed by atoms with Crippen LogP contribution in [0.1, 0.15) is 30.5 Å². The summed E-state index contributed by atoms with van der Waals surface area (Å²) in [6.07, 6.45) is 0. The number of nitrogens with zero attached hydrogens (tertiary/aromatic N) is 4. The lowest BCUT2D eigenvalue weighted by atomic mass is 10.1. The van der Waals surface area contributed by atoms with Crippen LogP contribution in [0, 0.1) is 18.3 Å². The summed E-state index contributed by atoms with van der Waals surface area (Å²) in [5.74, 6) is -0.121. The van der Waals surface area contributed by atoms with Gasteiger partial charge in [-0.15, -0.1) is 0 Å². The number of benzene rings is 2. The van der Waals surface area contributed by atoms with Gasteiger partial charge in [-0.1, -0.05) is 18.2 Å². The second-order valence-corrected chi connectivity index (χ2v) is 11.7. The van der Waals surface area contributed by atoms with Crippen molar-refractivity contribution < 1.29 is 17.9 Å². The smallest absolute Gasteiger partial charge is 0.243 e. The minimum absolute atomic E-state index is 0.115. The first-order chi connectivity index (χ1) is 17.7. The highest BCUT2D eigenvalue weighted by Gasteiger charge is 2.39. The van der Waals surface area contributed by atoms with Crippen molar-refractivity contribution in [2.45, 2.75) is 44.3 Å². The van der Waals surface area contributed by atoms with E-state index in [0.717, 1.165) is 44.1 Å². The molecule has 2 aliphatic rings. The van der Waals surface area contributed by atoms with Gasteiger partial charge in [-0.25, -0.2) is 8.42 Å². The van der Waals surface area contributed by atoms with Gasteiger partial charge in [-0.3, -0.25) is 14.6 Å². The van der Waals surface area contributed by atoms with E-state index in [9.17, 15) is 13.2 Å². The molecule has 0 bridgehead atoms. The van der Waals surface area contributed by atoms with E-state index in [-0.39, 0.29) is 29.4 Å². The second kappa shape index (κ2) is 11.7. The van der Waals surface area contributed by atoms with Crippen molar-refractivity contribution in [1.29, 1.82) is 5.26 Å². The number of carbonyl (C=O) groups excluding carboxylic acids is 1. The standard InChI is InChI=1S/C27H35N5O4S/c1-20-16-31(17-21(2)32(20)37(34,35)25-8-4-6-23(14-25)15-28)19-27(33)29-26-9-5-7-24(22(26)3)18-30-10-12-36-13-11-30/h4-9,14,20-21H,10-13,16-19H2,1-3H3,(H,29,33)/t20-,21+. The van der Waals surface area contributed by atoms with Crippen molar-refractivity contribution in [3.8, 4) is 6.07 Å². The fourth-order valence-electron chi connectivity index (χ4n) is 5.25. The Bertz CT molecular complexity index is 1260. The Labute approximate surface area is 219 Å². The summed E-state index contributed by atoms with van der Waals surface area (Å²) in [7, 11) is -3.77. The van der Waals surface area contributed by atoms with Gasteiger partial charge in [0.15, 0.2) is 0 Å². The zero-order valence-electron chi connectivity index (χ0n) is 21.7. The number of piperazine rings is 1. The van der Waals surface area contributed by atoms with Gasteiger partial charge in [0, 0.05) is 50.5 Å². The Kier molecular flexibility index (Phi) is 8.62. The lowest BCUT2D eigenvalue weighted by Gasteiger charge is -2.43. The highest BCUT2D eigenvalue weighted by Crippen LogP contribution is 2.26. The average Bonchev–Trinajstić information content (AvgIpc) is 2.86. The van der Waals surface area contributed by atoms with Crippen molar-refractivity contribution in [3.63, 3.8) is 0 Å². The molecule has 9 nitrogen and oxygen atoms in total. The fourth-order valence-corrected chi connectivity index (χ4v) is 7.10. The molecular weight excluding hydrogens is 490 g/mol. The predicted molar refractivity (Wildman–Crippen MR) is 141 cm³/mol. The van der Waals surface area contributed by atoms with Crippen LogP contribution in [-0.2, 0) is 26.1 Å². The largest absolute Gasteiger partial charge is 0.379 e. The minimum atomic E-state index is -3.77. The number of rotatable bonds is 7. The maximum atomic E-state index is 13.4. The molecule has 0 spiro atoms. The molecule has 2 aromatic carbocycles. The fraction of sp³-hybridized carbons (Fsp3) is 0.481. The molecule has 4 rings (SSSR count). The average molecular weight is 526 g/mol. The first kappa shape index (κ1) is 27.2. The molecule has 1 amide bonds. The Morgan fingerprint density at radius 3 is 2.43 bits per heavy atom. The number of amides is 1. The van der Waals surface area contributed by atoms with Crippen molar-refractivity contribution in [3.05, 3.63) is 59.2 Å². The monoisotopic (exact) mass is 525 g/mol. The molecule has 0 unspecified atom stereocenters. The topological polar surface area (TPSA) is 106 Å². The lowest BCUT2D eigenvalue weighted by molar-refractivity contribution is -0.118. The third-order valence-corrected chi connectivity index (χ3v) is 9.16. The van der Waals surface area contributed by atoms with Gasteiger partial charge in [-0.05, 0) is 56.2 Å². The number of hydrogen-bond donors (Lipinski definition) is 1. The Balaban J connectivity index is 1.38. The number of carbonyl (C=O) groups is 1. The van der Waals surface area contributed by atoms with E-state index in [2.05, 4.69) is 16.3 Å². The van der Waals surface area contributed by atoms with E-state index in [0.29, 0.717) is 18.7 Å². The van der Waals surface area contributed by atoms with Gasteiger partial charge < -0.3 is 10.1 Å². The Hall–Kier alpha value is -2.81. The number of hydrogen-bond acceptors (Lipinski definition) is 7. The lowest BCUT2D eigenvalue weighted by Crippen LogP contribution is -2.59. The van der Waals surface area contributed by atoms with Crippen molar-refractivity contribution >= 4 is 21.6 Å². The third-order valence-electron chi connectivity index (χ3n) is 7.04. The first-order valence-corrected chi connectivity index (χ1v) is 14.1. The Morgan fingerprint density at radius 2 is 1.76 bits per heavy atom. The zero-order chi connectivity index (χ0) is 26.6. The maximum Gasteiger partial charge on any atom is 0.243 e. The van der Waals surface area contributed by atoms with Gasteiger partial charge in [0.05, 0.1) is 36.3 Å². The molecule has 2 aromatic rings. The van der Waals surface area contributed by atoms with Crippen LogP contribution in [0.3, 0.4) is 0 Å². The summed E-state index contributed by atoms with van der Waals surface area (Å²) in [5, 5.41) is 12.2. The van der Waals surface area contributed by atoms with Crippen molar-refractivity contribution in [2.75, 3.05) is 51.3 Å². The normalized spacial score (nSPS) is 21.9. The molecule has 0 aliphatic carbocycles. The maximum absolute atomic E-state index is 13.4. The molecule has 10 heteroatoms. The van der Waals surface area contributed by atoms with E-state index in [1.165, 1.54) is 22.0 Å². The molecule has 37 heavy (non-hydrogen) atoms. The van der Waals surface area contributed by atoms with Crippen LogP contribution >= 0.6 is 0 Å². The van der Waals surface area contributed by atoms with E-state index < -0.39 is 10.0 Å². The van der Waals surface area contributed by atoms with E-state index in [4.69, 9.17) is 10.00 Å². The predicted octanol–water partition coefficient (Wildman–Crippen LogP) is 2.42. The number of nitrogens with one attached hydrogen (secondary N) is 1. The van der Waals surface area contributed by atoms with Crippen LogP contribution < -0.4 is 5.32 Å². The van der Waals surface area contributed by atoms with E-state index in [1.54, 1.807) is 12.1 Å². The number of morpholine rings is 1. The minimum Gasteiger partial charge on any atom is -0.379 e. The summed E-state index contributed by atoms with van der Waals surface area (Å²) in [6.45, 7) is 10.9. The number of nitriles is 1. The van der Waals surface area contributed by atoms with Crippen molar-refractivity contribution in [2.24, 2.45) is 0 Å². The molecule has 0 aromatic heterocycles. The summed E-state index contributed by atoms with van der Waals surface area (Å²) < 4.78 is 33.7. The summed E-state index contributed by atoms with van der Waals surface area (Å²) in [4.78, 5) is 17.4. The molecule has 0 radical (unpaired) electrons. The van der Waals surface area contributed by atoms with Gasteiger partial charge in [0.2, 0.25) is 15.9 Å².